The number of alkyl halides is 3. The van der Waals surface area contributed by atoms with E-state index in [-0.39, 0.29) is 12.2 Å². The molecule has 0 spiro atoms. The molecule has 0 radical (unpaired) electrons. The van der Waals surface area contributed by atoms with Crippen molar-refractivity contribution in [1.29, 1.82) is 0 Å². The van der Waals surface area contributed by atoms with Gasteiger partial charge in [0.1, 0.15) is 5.69 Å². The number of anilines is 1. The second-order valence-electron chi connectivity index (χ2n) is 6.26. The quantitative estimate of drug-likeness (QED) is 0.562. The number of amides is 1. The first-order chi connectivity index (χ1) is 13.9. The van der Waals surface area contributed by atoms with Crippen molar-refractivity contribution in [3.05, 3.63) is 83.9 Å². The third-order valence-corrected chi connectivity index (χ3v) is 4.30. The highest BCUT2D eigenvalue weighted by Crippen LogP contribution is 2.29. The molecular weight excluding hydrogens is 383 g/mol. The first kappa shape index (κ1) is 18.6. The van der Waals surface area contributed by atoms with Crippen molar-refractivity contribution in [2.75, 3.05) is 5.32 Å². The molecule has 0 unspecified atom stereocenters. The summed E-state index contributed by atoms with van der Waals surface area (Å²) in [6.07, 6.45) is -0.160. The molecule has 0 saturated carbocycles. The number of fused-ring (bicyclic) bond motifs is 1. The molecule has 0 saturated heterocycles. The number of aromatic nitrogens is 4. The largest absolute Gasteiger partial charge is 0.416 e. The van der Waals surface area contributed by atoms with Crippen molar-refractivity contribution >= 4 is 22.6 Å². The minimum atomic E-state index is -4.38. The van der Waals surface area contributed by atoms with Crippen molar-refractivity contribution in [3.8, 4) is 0 Å². The van der Waals surface area contributed by atoms with E-state index in [1.165, 1.54) is 30.7 Å². The molecule has 6 nitrogen and oxygen atoms in total. The Balaban J connectivity index is 1.63. The Hall–Kier alpha value is -3.75. The molecular formula is C20H14F3N5O. The summed E-state index contributed by atoms with van der Waals surface area (Å²) < 4.78 is 39.9. The first-order valence-corrected chi connectivity index (χ1v) is 8.61. The number of hydrogen-bond acceptors (Lipinski definition) is 4. The standard InChI is InChI=1S/C20H14F3N5O/c21-20(22,23)14-7-5-13(6-8-14)12-28-17-4-2-1-3-15(17)18(27-28)26-19(29)16-11-24-9-10-25-16/h1-11H,12H2,(H,26,27,29). The maximum Gasteiger partial charge on any atom is 0.416 e. The van der Waals surface area contributed by atoms with Gasteiger partial charge in [-0.1, -0.05) is 24.3 Å². The molecule has 9 heteroatoms. The summed E-state index contributed by atoms with van der Waals surface area (Å²) in [4.78, 5) is 20.2. The Bertz CT molecular complexity index is 1150. The van der Waals surface area contributed by atoms with Crippen molar-refractivity contribution in [1.82, 2.24) is 19.7 Å². The first-order valence-electron chi connectivity index (χ1n) is 8.61. The summed E-state index contributed by atoms with van der Waals surface area (Å²) in [7, 11) is 0. The van der Waals surface area contributed by atoms with Crippen LogP contribution in [0.4, 0.5) is 19.0 Å². The number of halogens is 3. The summed E-state index contributed by atoms with van der Waals surface area (Å²) in [6, 6.07) is 12.2. The van der Waals surface area contributed by atoms with Crippen LogP contribution in [0.15, 0.2) is 67.1 Å². The summed E-state index contributed by atoms with van der Waals surface area (Å²) >= 11 is 0. The van der Waals surface area contributed by atoms with Gasteiger partial charge in [-0.2, -0.15) is 18.3 Å². The number of rotatable bonds is 4. The maximum absolute atomic E-state index is 12.8. The van der Waals surface area contributed by atoms with E-state index in [0.29, 0.717) is 16.8 Å². The highest BCUT2D eigenvalue weighted by Gasteiger charge is 2.30. The van der Waals surface area contributed by atoms with Gasteiger partial charge in [-0.25, -0.2) is 4.98 Å². The number of hydrogen-bond donors (Lipinski definition) is 1. The van der Waals surface area contributed by atoms with Crippen LogP contribution in [0.1, 0.15) is 21.6 Å². The molecule has 2 heterocycles. The molecule has 0 aliphatic carbocycles. The van der Waals surface area contributed by atoms with E-state index in [1.807, 2.05) is 18.2 Å². The zero-order valence-corrected chi connectivity index (χ0v) is 14.9. The van der Waals surface area contributed by atoms with Crippen LogP contribution in [-0.4, -0.2) is 25.7 Å². The topological polar surface area (TPSA) is 72.7 Å². The smallest absolute Gasteiger partial charge is 0.303 e. The number of nitrogens with one attached hydrogen (secondary N) is 1. The fourth-order valence-electron chi connectivity index (χ4n) is 2.90. The van der Waals surface area contributed by atoms with Crippen LogP contribution in [0, 0.1) is 0 Å². The summed E-state index contributed by atoms with van der Waals surface area (Å²) in [6.45, 7) is 0.250. The van der Waals surface area contributed by atoms with Gasteiger partial charge in [-0.3, -0.25) is 14.5 Å². The SMILES string of the molecule is O=C(Nc1nn(Cc2ccc(C(F)(F)F)cc2)c2ccccc12)c1cnccn1. The van der Waals surface area contributed by atoms with E-state index in [1.54, 1.807) is 10.7 Å². The van der Waals surface area contributed by atoms with Crippen LogP contribution in [0.25, 0.3) is 10.9 Å². The Morgan fingerprint density at radius 3 is 2.48 bits per heavy atom. The molecule has 4 rings (SSSR count). The van der Waals surface area contributed by atoms with Gasteiger partial charge in [-0.05, 0) is 29.8 Å². The van der Waals surface area contributed by atoms with Gasteiger partial charge in [0, 0.05) is 17.8 Å². The fraction of sp³-hybridized carbons (Fsp3) is 0.100. The van der Waals surface area contributed by atoms with Crippen molar-refractivity contribution in [2.45, 2.75) is 12.7 Å². The molecule has 29 heavy (non-hydrogen) atoms. The Morgan fingerprint density at radius 2 is 1.79 bits per heavy atom. The van der Waals surface area contributed by atoms with Crippen molar-refractivity contribution in [2.24, 2.45) is 0 Å². The van der Waals surface area contributed by atoms with Crippen LogP contribution in [0.5, 0.6) is 0 Å². The van der Waals surface area contributed by atoms with Gasteiger partial charge >= 0.3 is 6.18 Å². The lowest BCUT2D eigenvalue weighted by atomic mass is 10.1. The Kier molecular flexibility index (Phi) is 4.71. The van der Waals surface area contributed by atoms with Crippen molar-refractivity contribution in [3.63, 3.8) is 0 Å². The zero-order valence-electron chi connectivity index (χ0n) is 14.9. The van der Waals surface area contributed by atoms with E-state index < -0.39 is 17.6 Å². The summed E-state index contributed by atoms with van der Waals surface area (Å²) in [5, 5.41) is 7.86. The van der Waals surface area contributed by atoms with E-state index in [9.17, 15) is 18.0 Å². The molecule has 0 aliphatic rings. The van der Waals surface area contributed by atoms with E-state index in [4.69, 9.17) is 0 Å². The normalized spacial score (nSPS) is 11.6. The van der Waals surface area contributed by atoms with E-state index in [0.717, 1.165) is 17.6 Å². The molecule has 1 amide bonds. The Morgan fingerprint density at radius 1 is 1.03 bits per heavy atom. The number of benzene rings is 2. The minimum Gasteiger partial charge on any atom is -0.303 e. The predicted molar refractivity (Wildman–Crippen MR) is 100 cm³/mol. The van der Waals surface area contributed by atoms with Crippen LogP contribution in [0.3, 0.4) is 0 Å². The molecule has 4 aromatic rings. The lowest BCUT2D eigenvalue weighted by molar-refractivity contribution is -0.137. The van der Waals surface area contributed by atoms with Crippen LogP contribution >= 0.6 is 0 Å². The molecule has 146 valence electrons. The van der Waals surface area contributed by atoms with Crippen molar-refractivity contribution < 1.29 is 18.0 Å². The van der Waals surface area contributed by atoms with Crippen LogP contribution in [-0.2, 0) is 12.7 Å². The fourth-order valence-corrected chi connectivity index (χ4v) is 2.90. The zero-order chi connectivity index (χ0) is 20.4. The van der Waals surface area contributed by atoms with Gasteiger partial charge in [0.15, 0.2) is 5.82 Å². The highest BCUT2D eigenvalue weighted by atomic mass is 19.4. The van der Waals surface area contributed by atoms with Crippen LogP contribution < -0.4 is 5.32 Å². The molecule has 1 N–H and O–H groups in total. The van der Waals surface area contributed by atoms with E-state index >= 15 is 0 Å². The van der Waals surface area contributed by atoms with Gasteiger partial charge in [0.2, 0.25) is 0 Å². The lowest BCUT2D eigenvalue weighted by Gasteiger charge is -2.08. The number of carbonyl (C=O) groups is 1. The number of nitrogens with zero attached hydrogens (tertiary/aromatic N) is 4. The number of para-hydroxylation sites is 1. The monoisotopic (exact) mass is 397 g/mol. The average Bonchev–Trinajstić information content (AvgIpc) is 3.06. The maximum atomic E-state index is 12.8. The van der Waals surface area contributed by atoms with Crippen LogP contribution in [0.2, 0.25) is 0 Å². The summed E-state index contributed by atoms with van der Waals surface area (Å²) in [5.41, 5.74) is 0.831. The average molecular weight is 397 g/mol. The molecule has 0 bridgehead atoms. The summed E-state index contributed by atoms with van der Waals surface area (Å²) in [5.74, 6) is -0.119. The second kappa shape index (κ2) is 7.34. The van der Waals surface area contributed by atoms with E-state index in [2.05, 4.69) is 20.4 Å². The molecule has 0 aliphatic heterocycles. The third-order valence-electron chi connectivity index (χ3n) is 4.30. The van der Waals surface area contributed by atoms with Gasteiger partial charge in [0.25, 0.3) is 5.91 Å². The number of carbonyl (C=O) groups excluding carboxylic acids is 1. The minimum absolute atomic E-state index is 0.147. The van der Waals surface area contributed by atoms with Gasteiger partial charge in [-0.15, -0.1) is 0 Å². The second-order valence-corrected chi connectivity index (χ2v) is 6.26. The predicted octanol–water partition coefficient (Wildman–Crippen LogP) is 4.15. The van der Waals surface area contributed by atoms with Gasteiger partial charge < -0.3 is 5.32 Å². The third kappa shape index (κ3) is 3.93. The molecule has 0 fully saturated rings. The van der Waals surface area contributed by atoms with Gasteiger partial charge in [0.05, 0.1) is 23.8 Å². The lowest BCUT2D eigenvalue weighted by Crippen LogP contribution is -2.14. The molecule has 2 aromatic carbocycles. The highest BCUT2D eigenvalue weighted by molar-refractivity contribution is 6.06. The molecule has 2 aromatic heterocycles. The Labute approximate surface area is 163 Å². The molecule has 0 atom stereocenters.